The van der Waals surface area contributed by atoms with E-state index in [1.165, 1.54) is 19.3 Å². The Hall–Kier alpha value is -2.89. The summed E-state index contributed by atoms with van der Waals surface area (Å²) in [6.45, 7) is 5.09. The zero-order valence-electron chi connectivity index (χ0n) is 13.7. The number of Topliss-reactive ketones (excluding diaryl/α,β-unsaturated/α-hetero) is 1. The van der Waals surface area contributed by atoms with Gasteiger partial charge in [0.2, 0.25) is 17.5 Å². The van der Waals surface area contributed by atoms with Gasteiger partial charge in [-0.1, -0.05) is 13.8 Å². The molecule has 1 aromatic heterocycles. The zero-order valence-corrected chi connectivity index (χ0v) is 13.7. The Bertz CT molecular complexity index is 716. The summed E-state index contributed by atoms with van der Waals surface area (Å²) in [5.41, 5.74) is 0.989. The number of carbonyl (C=O) groups excluding carboxylic acids is 3. The lowest BCUT2D eigenvalue weighted by atomic mass is 10.1. The molecule has 0 aliphatic heterocycles. The summed E-state index contributed by atoms with van der Waals surface area (Å²) in [6, 6.07) is 9.45. The Morgan fingerprint density at radius 1 is 1.04 bits per heavy atom. The largest absolute Gasteiger partial charge is 0.457 e. The minimum absolute atomic E-state index is 0.0430. The highest BCUT2D eigenvalue weighted by atomic mass is 16.6. The lowest BCUT2D eigenvalue weighted by Crippen LogP contribution is -2.24. The van der Waals surface area contributed by atoms with Gasteiger partial charge in [-0.2, -0.15) is 0 Å². The third kappa shape index (κ3) is 4.32. The molecule has 0 saturated heterocycles. The van der Waals surface area contributed by atoms with Gasteiger partial charge in [-0.15, -0.1) is 0 Å². The van der Waals surface area contributed by atoms with Crippen LogP contribution >= 0.6 is 0 Å². The van der Waals surface area contributed by atoms with Gasteiger partial charge in [0.05, 0.1) is 6.26 Å². The number of benzene rings is 1. The number of esters is 1. The molecule has 0 saturated carbocycles. The van der Waals surface area contributed by atoms with Crippen molar-refractivity contribution in [2.75, 3.05) is 5.32 Å². The van der Waals surface area contributed by atoms with Crippen LogP contribution in [0.4, 0.5) is 5.69 Å². The van der Waals surface area contributed by atoms with E-state index in [1.54, 1.807) is 44.2 Å². The lowest BCUT2D eigenvalue weighted by Gasteiger charge is -2.12. The maximum atomic E-state index is 12.3. The van der Waals surface area contributed by atoms with E-state index in [9.17, 15) is 14.4 Å². The molecule has 0 aliphatic rings. The highest BCUT2D eigenvalue weighted by Gasteiger charge is 2.21. The number of nitrogens with one attached hydrogen (secondary N) is 1. The summed E-state index contributed by atoms with van der Waals surface area (Å²) in [7, 11) is 0. The third-order valence-corrected chi connectivity index (χ3v) is 3.34. The summed E-state index contributed by atoms with van der Waals surface area (Å²) in [5, 5.41) is 2.74. The normalized spacial score (nSPS) is 11.8. The third-order valence-electron chi connectivity index (χ3n) is 3.34. The maximum absolute atomic E-state index is 12.3. The fourth-order valence-electron chi connectivity index (χ4n) is 1.91. The predicted molar refractivity (Wildman–Crippen MR) is 87.8 cm³/mol. The molecular weight excluding hydrogens is 310 g/mol. The van der Waals surface area contributed by atoms with Crippen LogP contribution in [0.3, 0.4) is 0 Å². The highest BCUT2D eigenvalue weighted by Crippen LogP contribution is 2.14. The summed E-state index contributed by atoms with van der Waals surface area (Å²) in [6.07, 6.45) is 0.409. The maximum Gasteiger partial charge on any atom is 0.374 e. The van der Waals surface area contributed by atoms with Gasteiger partial charge in [-0.05, 0) is 43.3 Å². The summed E-state index contributed by atoms with van der Waals surface area (Å²) in [5.74, 6) is -1.22. The molecule has 0 spiro atoms. The Labute approximate surface area is 139 Å². The number of rotatable bonds is 6. The molecule has 0 aliphatic carbocycles. The van der Waals surface area contributed by atoms with Crippen LogP contribution in [-0.2, 0) is 9.53 Å². The first-order chi connectivity index (χ1) is 11.4. The second-order valence-electron chi connectivity index (χ2n) is 5.61. The smallest absolute Gasteiger partial charge is 0.374 e. The van der Waals surface area contributed by atoms with Gasteiger partial charge in [0.15, 0.2) is 6.10 Å². The highest BCUT2D eigenvalue weighted by molar-refractivity contribution is 6.01. The van der Waals surface area contributed by atoms with E-state index in [2.05, 4.69) is 5.32 Å². The van der Waals surface area contributed by atoms with E-state index in [4.69, 9.17) is 9.15 Å². The molecule has 0 bridgehead atoms. The van der Waals surface area contributed by atoms with Crippen LogP contribution < -0.4 is 5.32 Å². The molecule has 2 rings (SSSR count). The van der Waals surface area contributed by atoms with E-state index in [1.807, 2.05) is 0 Å². The Balaban J connectivity index is 1.99. The SMILES string of the molecule is CC(C)C(=O)Nc1ccc(C(=O)C(C)OC(=O)c2ccco2)cc1. The molecule has 1 aromatic carbocycles. The van der Waals surface area contributed by atoms with E-state index in [-0.39, 0.29) is 23.4 Å². The van der Waals surface area contributed by atoms with Crippen LogP contribution in [0.15, 0.2) is 47.1 Å². The molecule has 1 amide bonds. The molecule has 0 fully saturated rings. The number of ether oxygens (including phenoxy) is 1. The molecule has 6 heteroatoms. The van der Waals surface area contributed by atoms with Crippen molar-refractivity contribution in [2.45, 2.75) is 26.9 Å². The van der Waals surface area contributed by atoms with Gasteiger partial charge >= 0.3 is 5.97 Å². The fourth-order valence-corrected chi connectivity index (χ4v) is 1.91. The van der Waals surface area contributed by atoms with Crippen molar-refractivity contribution >= 4 is 23.3 Å². The number of furan rings is 1. The van der Waals surface area contributed by atoms with E-state index in [0.29, 0.717) is 11.3 Å². The molecular formula is C18H19NO5. The molecule has 1 heterocycles. The first-order valence-corrected chi connectivity index (χ1v) is 7.58. The standard InChI is InChI=1S/C18H19NO5/c1-11(2)17(21)19-14-8-6-13(7-9-14)16(20)12(3)24-18(22)15-5-4-10-23-15/h4-12H,1-3H3,(H,19,21). The van der Waals surface area contributed by atoms with Crippen LogP contribution in [0.2, 0.25) is 0 Å². The molecule has 1 atom stereocenters. The first-order valence-electron chi connectivity index (χ1n) is 7.58. The van der Waals surface area contributed by atoms with Crippen molar-refractivity contribution in [2.24, 2.45) is 5.92 Å². The Morgan fingerprint density at radius 3 is 2.25 bits per heavy atom. The van der Waals surface area contributed by atoms with Crippen molar-refractivity contribution in [3.63, 3.8) is 0 Å². The Morgan fingerprint density at radius 2 is 1.71 bits per heavy atom. The zero-order chi connectivity index (χ0) is 17.7. The Kier molecular flexibility index (Phi) is 5.52. The first kappa shape index (κ1) is 17.5. The molecule has 6 nitrogen and oxygen atoms in total. The molecule has 24 heavy (non-hydrogen) atoms. The van der Waals surface area contributed by atoms with Gasteiger partial charge < -0.3 is 14.5 Å². The molecule has 1 N–H and O–H groups in total. The molecule has 1 unspecified atom stereocenters. The fraction of sp³-hybridized carbons (Fsp3) is 0.278. The van der Waals surface area contributed by atoms with Gasteiger partial charge in [0, 0.05) is 17.2 Å². The molecule has 2 aromatic rings. The molecule has 126 valence electrons. The van der Waals surface area contributed by atoms with Crippen LogP contribution in [0.25, 0.3) is 0 Å². The van der Waals surface area contributed by atoms with Crippen molar-refractivity contribution in [1.29, 1.82) is 0 Å². The van der Waals surface area contributed by atoms with Gasteiger partial charge in [-0.25, -0.2) is 4.79 Å². The van der Waals surface area contributed by atoms with Crippen molar-refractivity contribution in [3.8, 4) is 0 Å². The van der Waals surface area contributed by atoms with Gasteiger partial charge in [0.25, 0.3) is 0 Å². The number of hydrogen-bond donors (Lipinski definition) is 1. The number of carbonyl (C=O) groups is 3. The average Bonchev–Trinajstić information content (AvgIpc) is 3.09. The second kappa shape index (κ2) is 7.59. The minimum atomic E-state index is -0.946. The van der Waals surface area contributed by atoms with E-state index in [0.717, 1.165) is 0 Å². The number of anilines is 1. The van der Waals surface area contributed by atoms with Crippen molar-refractivity contribution in [3.05, 3.63) is 54.0 Å². The van der Waals surface area contributed by atoms with Gasteiger partial charge in [0.1, 0.15) is 0 Å². The van der Waals surface area contributed by atoms with Crippen LogP contribution in [-0.4, -0.2) is 23.8 Å². The van der Waals surface area contributed by atoms with Crippen molar-refractivity contribution < 1.29 is 23.5 Å². The summed E-state index contributed by atoms with van der Waals surface area (Å²) < 4.78 is 10.0. The van der Waals surface area contributed by atoms with Crippen LogP contribution in [0.1, 0.15) is 41.7 Å². The number of ketones is 1. The van der Waals surface area contributed by atoms with Gasteiger partial charge in [-0.3, -0.25) is 9.59 Å². The number of hydrogen-bond acceptors (Lipinski definition) is 5. The van der Waals surface area contributed by atoms with Crippen LogP contribution in [0.5, 0.6) is 0 Å². The average molecular weight is 329 g/mol. The summed E-state index contributed by atoms with van der Waals surface area (Å²) >= 11 is 0. The lowest BCUT2D eigenvalue weighted by molar-refractivity contribution is -0.118. The predicted octanol–water partition coefficient (Wildman–Crippen LogP) is 3.30. The molecule has 0 radical (unpaired) electrons. The van der Waals surface area contributed by atoms with Crippen molar-refractivity contribution in [1.82, 2.24) is 0 Å². The monoisotopic (exact) mass is 329 g/mol. The summed E-state index contributed by atoms with van der Waals surface area (Å²) in [4.78, 5) is 35.7. The quantitative estimate of drug-likeness (QED) is 0.649. The van der Waals surface area contributed by atoms with E-state index >= 15 is 0 Å². The topological polar surface area (TPSA) is 85.6 Å². The number of amides is 1. The van der Waals surface area contributed by atoms with Crippen LogP contribution in [0, 0.1) is 5.92 Å². The second-order valence-corrected chi connectivity index (χ2v) is 5.61. The van der Waals surface area contributed by atoms with E-state index < -0.39 is 12.1 Å². The minimum Gasteiger partial charge on any atom is -0.457 e.